The average molecular weight is 317 g/mol. The van der Waals surface area contributed by atoms with Crippen molar-refractivity contribution in [2.75, 3.05) is 17.2 Å². The van der Waals surface area contributed by atoms with E-state index in [2.05, 4.69) is 10.6 Å². The van der Waals surface area contributed by atoms with Gasteiger partial charge in [0.25, 0.3) is 0 Å². The fourth-order valence-corrected chi connectivity index (χ4v) is 2.68. The second-order valence-electron chi connectivity index (χ2n) is 4.94. The number of benzene rings is 1. The number of carbonyl (C=O) groups excluding carboxylic acids is 2. The lowest BCUT2D eigenvalue weighted by Crippen LogP contribution is -2.19. The molecule has 4 N–H and O–H groups in total. The molecule has 0 spiro atoms. The van der Waals surface area contributed by atoms with Gasteiger partial charge in [-0.1, -0.05) is 12.1 Å². The highest BCUT2D eigenvalue weighted by molar-refractivity contribution is 7.10. The Labute approximate surface area is 133 Å². The summed E-state index contributed by atoms with van der Waals surface area (Å²) in [4.78, 5) is 24.8. The van der Waals surface area contributed by atoms with Gasteiger partial charge in [-0.3, -0.25) is 9.59 Å². The molecule has 0 aliphatic rings. The Bertz CT molecular complexity index is 653. The van der Waals surface area contributed by atoms with Crippen LogP contribution in [0.1, 0.15) is 16.9 Å². The van der Waals surface area contributed by atoms with Gasteiger partial charge in [-0.2, -0.15) is 0 Å². The molecule has 0 unspecified atom stereocenters. The maximum absolute atomic E-state index is 12.1. The summed E-state index contributed by atoms with van der Waals surface area (Å²) in [7, 11) is 0. The van der Waals surface area contributed by atoms with Crippen LogP contribution in [0, 0.1) is 6.92 Å². The van der Waals surface area contributed by atoms with Crippen molar-refractivity contribution >= 4 is 34.5 Å². The Morgan fingerprint density at radius 3 is 2.59 bits per heavy atom. The van der Waals surface area contributed by atoms with Gasteiger partial charge in [-0.05, 0) is 36.1 Å². The molecule has 1 aromatic carbocycles. The first-order chi connectivity index (χ1) is 10.6. The van der Waals surface area contributed by atoms with Crippen molar-refractivity contribution < 1.29 is 9.59 Å². The van der Waals surface area contributed by atoms with E-state index in [1.165, 1.54) is 0 Å². The van der Waals surface area contributed by atoms with Gasteiger partial charge in [0.2, 0.25) is 11.8 Å². The molecule has 0 saturated heterocycles. The fraction of sp³-hybridized carbons (Fsp3) is 0.250. The summed E-state index contributed by atoms with van der Waals surface area (Å²) in [6.45, 7) is 2.22. The molecule has 0 radical (unpaired) electrons. The quantitative estimate of drug-likeness (QED) is 0.765. The van der Waals surface area contributed by atoms with Gasteiger partial charge < -0.3 is 16.4 Å². The van der Waals surface area contributed by atoms with Gasteiger partial charge in [0.15, 0.2) is 0 Å². The minimum absolute atomic E-state index is 0.111. The number of amides is 2. The minimum Gasteiger partial charge on any atom is -0.330 e. The van der Waals surface area contributed by atoms with Crippen LogP contribution in [0.25, 0.3) is 0 Å². The molecule has 2 aromatic rings. The van der Waals surface area contributed by atoms with Crippen LogP contribution in [-0.2, 0) is 16.0 Å². The lowest BCUT2D eigenvalue weighted by atomic mass is 10.1. The fourth-order valence-electron chi connectivity index (χ4n) is 1.98. The highest BCUT2D eigenvalue weighted by Crippen LogP contribution is 2.24. The Kier molecular flexibility index (Phi) is 5.68. The third kappa shape index (κ3) is 4.68. The second-order valence-corrected chi connectivity index (χ2v) is 5.97. The molecule has 5 nitrogen and oxygen atoms in total. The molecule has 22 heavy (non-hydrogen) atoms. The van der Waals surface area contributed by atoms with Crippen molar-refractivity contribution in [3.05, 3.63) is 46.2 Å². The second kappa shape index (κ2) is 7.72. The largest absolute Gasteiger partial charge is 0.330 e. The summed E-state index contributed by atoms with van der Waals surface area (Å²) in [5.41, 5.74) is 7.57. The number of rotatable bonds is 6. The number of nitrogens with two attached hydrogens (primary N) is 1. The van der Waals surface area contributed by atoms with Gasteiger partial charge in [-0.15, -0.1) is 11.3 Å². The van der Waals surface area contributed by atoms with Gasteiger partial charge in [0, 0.05) is 17.8 Å². The lowest BCUT2D eigenvalue weighted by molar-refractivity contribution is -0.116. The van der Waals surface area contributed by atoms with Crippen LogP contribution in [0.4, 0.5) is 11.4 Å². The summed E-state index contributed by atoms with van der Waals surface area (Å²) in [5.74, 6) is -0.275. The highest BCUT2D eigenvalue weighted by atomic mass is 32.1. The molecule has 0 aliphatic carbocycles. The molecular weight excluding hydrogens is 298 g/mol. The molecule has 2 rings (SSSR count). The van der Waals surface area contributed by atoms with E-state index in [1.54, 1.807) is 17.4 Å². The maximum atomic E-state index is 12.1. The van der Waals surface area contributed by atoms with Crippen LogP contribution in [0.5, 0.6) is 0 Å². The van der Waals surface area contributed by atoms with Gasteiger partial charge in [0.05, 0.1) is 17.8 Å². The predicted octanol–water partition coefficient (Wildman–Crippen LogP) is 2.53. The van der Waals surface area contributed by atoms with Crippen molar-refractivity contribution in [2.24, 2.45) is 5.73 Å². The van der Waals surface area contributed by atoms with Crippen LogP contribution >= 0.6 is 11.3 Å². The molecular formula is C16H19N3O2S. The lowest BCUT2D eigenvalue weighted by Gasteiger charge is -2.13. The minimum atomic E-state index is -0.165. The van der Waals surface area contributed by atoms with E-state index in [9.17, 15) is 9.59 Å². The molecule has 0 saturated carbocycles. The summed E-state index contributed by atoms with van der Waals surface area (Å²) in [5, 5.41) is 7.57. The Morgan fingerprint density at radius 2 is 1.91 bits per heavy atom. The van der Waals surface area contributed by atoms with E-state index in [0.717, 1.165) is 10.4 Å². The number of thiophene rings is 1. The first-order valence-electron chi connectivity index (χ1n) is 7.01. The Balaban J connectivity index is 2.09. The van der Waals surface area contributed by atoms with Crippen LogP contribution in [0.15, 0.2) is 35.7 Å². The first-order valence-corrected chi connectivity index (χ1v) is 7.89. The third-order valence-electron chi connectivity index (χ3n) is 3.01. The molecule has 0 aliphatic heterocycles. The zero-order chi connectivity index (χ0) is 15.9. The van der Waals surface area contributed by atoms with E-state index in [1.807, 2.05) is 36.6 Å². The van der Waals surface area contributed by atoms with E-state index < -0.39 is 0 Å². The third-order valence-corrected chi connectivity index (χ3v) is 3.89. The molecule has 116 valence electrons. The SMILES string of the molecule is Cc1ccc(NC(=O)Cc2cccs2)c(NC(=O)CCN)c1. The van der Waals surface area contributed by atoms with Gasteiger partial charge in [0.1, 0.15) is 0 Å². The van der Waals surface area contributed by atoms with E-state index >= 15 is 0 Å². The Morgan fingerprint density at radius 1 is 1.14 bits per heavy atom. The number of aryl methyl sites for hydroxylation is 1. The molecule has 1 heterocycles. The van der Waals surface area contributed by atoms with Gasteiger partial charge >= 0.3 is 0 Å². The zero-order valence-electron chi connectivity index (χ0n) is 12.4. The maximum Gasteiger partial charge on any atom is 0.229 e. The van der Waals surface area contributed by atoms with Crippen molar-refractivity contribution in [3.63, 3.8) is 0 Å². The number of nitrogens with one attached hydrogen (secondary N) is 2. The molecule has 2 amide bonds. The summed E-state index contributed by atoms with van der Waals surface area (Å²) in [6.07, 6.45) is 0.568. The predicted molar refractivity (Wildman–Crippen MR) is 90.1 cm³/mol. The van der Waals surface area contributed by atoms with Gasteiger partial charge in [-0.25, -0.2) is 0 Å². The summed E-state index contributed by atoms with van der Waals surface area (Å²) >= 11 is 1.54. The van der Waals surface area contributed by atoms with E-state index in [4.69, 9.17) is 5.73 Å². The molecule has 0 atom stereocenters. The molecule has 0 fully saturated rings. The summed E-state index contributed by atoms with van der Waals surface area (Å²) < 4.78 is 0. The number of carbonyl (C=O) groups is 2. The number of hydrogen-bond acceptors (Lipinski definition) is 4. The number of hydrogen-bond donors (Lipinski definition) is 3. The normalized spacial score (nSPS) is 10.3. The number of anilines is 2. The molecule has 0 bridgehead atoms. The standard InChI is InChI=1S/C16H19N3O2S/c1-11-4-5-13(14(9-11)19-15(20)6-7-17)18-16(21)10-12-3-2-8-22-12/h2-5,8-9H,6-7,10,17H2,1H3,(H,18,21)(H,19,20). The highest BCUT2D eigenvalue weighted by Gasteiger charge is 2.10. The zero-order valence-corrected chi connectivity index (χ0v) is 13.2. The van der Waals surface area contributed by atoms with Crippen LogP contribution in [0.3, 0.4) is 0 Å². The van der Waals surface area contributed by atoms with Crippen molar-refractivity contribution in [1.29, 1.82) is 0 Å². The van der Waals surface area contributed by atoms with E-state index in [-0.39, 0.29) is 24.8 Å². The monoisotopic (exact) mass is 317 g/mol. The van der Waals surface area contributed by atoms with E-state index in [0.29, 0.717) is 17.8 Å². The molecule has 6 heteroatoms. The van der Waals surface area contributed by atoms with Crippen LogP contribution in [-0.4, -0.2) is 18.4 Å². The average Bonchev–Trinajstić information content (AvgIpc) is 2.95. The van der Waals surface area contributed by atoms with Crippen LogP contribution < -0.4 is 16.4 Å². The van der Waals surface area contributed by atoms with Crippen molar-refractivity contribution in [1.82, 2.24) is 0 Å². The summed E-state index contributed by atoms with van der Waals surface area (Å²) in [6, 6.07) is 9.34. The topological polar surface area (TPSA) is 84.2 Å². The molecule has 1 aromatic heterocycles. The van der Waals surface area contributed by atoms with Crippen molar-refractivity contribution in [2.45, 2.75) is 19.8 Å². The van der Waals surface area contributed by atoms with Crippen LogP contribution in [0.2, 0.25) is 0 Å². The first kappa shape index (κ1) is 16.2. The Hall–Kier alpha value is -2.18. The van der Waals surface area contributed by atoms with Crippen molar-refractivity contribution in [3.8, 4) is 0 Å². The smallest absolute Gasteiger partial charge is 0.229 e.